The molecule has 0 bridgehead atoms. The molecular formula is C29H38N4O11S2. The molecule has 2 aromatic rings. The first-order chi connectivity index (χ1) is 21.4. The van der Waals surface area contributed by atoms with Crippen LogP contribution in [-0.2, 0) is 30.4 Å². The van der Waals surface area contributed by atoms with E-state index >= 15 is 0 Å². The van der Waals surface area contributed by atoms with Gasteiger partial charge in [0.2, 0.25) is 0 Å². The van der Waals surface area contributed by atoms with Gasteiger partial charge in [-0.15, -0.1) is 0 Å². The molecule has 1 aliphatic rings. The number of carboxylic acids is 1. The van der Waals surface area contributed by atoms with Crippen molar-refractivity contribution in [1.82, 2.24) is 15.6 Å². The Morgan fingerprint density at radius 1 is 0.826 bits per heavy atom. The summed E-state index contributed by atoms with van der Waals surface area (Å²) >= 11 is 0. The summed E-state index contributed by atoms with van der Waals surface area (Å²) in [6, 6.07) is 6.32. The molecule has 2 amide bonds. The second-order valence-corrected chi connectivity index (χ2v) is 14.4. The van der Waals surface area contributed by atoms with E-state index in [9.17, 15) is 31.2 Å². The number of fused-ring (bicyclic) bond motifs is 1. The Labute approximate surface area is 267 Å². The van der Waals surface area contributed by atoms with Gasteiger partial charge in [-0.1, -0.05) is 26.7 Å². The quantitative estimate of drug-likeness (QED) is 0.120. The van der Waals surface area contributed by atoms with Gasteiger partial charge in [-0.25, -0.2) is 4.98 Å². The molecule has 0 aliphatic carbocycles. The number of nitrogens with one attached hydrogen (secondary N) is 2. The average Bonchev–Trinajstić information content (AvgIpc) is 3.21. The normalized spacial score (nSPS) is 13.9. The number of amides is 2. The van der Waals surface area contributed by atoms with Crippen molar-refractivity contribution in [2.75, 3.05) is 31.7 Å². The predicted octanol–water partition coefficient (Wildman–Crippen LogP) is 2.78. The lowest BCUT2D eigenvalue weighted by Crippen LogP contribution is -2.32. The van der Waals surface area contributed by atoms with E-state index in [1.165, 1.54) is 19.2 Å². The van der Waals surface area contributed by atoms with Crippen LogP contribution in [0.5, 0.6) is 5.75 Å². The fourth-order valence-electron chi connectivity index (χ4n) is 4.94. The van der Waals surface area contributed by atoms with E-state index in [0.717, 1.165) is 30.5 Å². The fourth-order valence-corrected chi connectivity index (χ4v) is 5.66. The van der Waals surface area contributed by atoms with Gasteiger partial charge >= 0.3 is 5.97 Å². The molecule has 15 nitrogen and oxygen atoms in total. The molecule has 0 unspecified atom stereocenters. The molecule has 5 N–H and O–H groups in total. The van der Waals surface area contributed by atoms with Gasteiger partial charge < -0.3 is 20.5 Å². The maximum atomic E-state index is 12.9. The number of nitrogens with zero attached hydrogens (tertiary/aromatic N) is 2. The van der Waals surface area contributed by atoms with Gasteiger partial charge in [0.15, 0.2) is 0 Å². The Morgan fingerprint density at radius 2 is 1.35 bits per heavy atom. The SMILES string of the molecule is COc1cc(-c2cc(C(=O)NCCS(=O)(=O)O)nc(C(=O)NCCS(=O)(=O)O)c2)cc2c1N=C(CCCCCCC(=O)O)C2(C)C. The van der Waals surface area contributed by atoms with Crippen LogP contribution in [0.2, 0.25) is 0 Å². The zero-order valence-corrected chi connectivity index (χ0v) is 27.3. The third-order valence-electron chi connectivity index (χ3n) is 7.41. The summed E-state index contributed by atoms with van der Waals surface area (Å²) in [7, 11) is -7.23. The number of ether oxygens (including phenoxy) is 1. The molecule has 0 atom stereocenters. The summed E-state index contributed by atoms with van der Waals surface area (Å²) in [6.45, 7) is 3.17. The number of carbonyl (C=O) groups excluding carboxylic acids is 2. The van der Waals surface area contributed by atoms with Crippen LogP contribution in [-0.4, -0.2) is 91.2 Å². The van der Waals surface area contributed by atoms with Crippen molar-refractivity contribution >= 4 is 49.4 Å². The molecule has 252 valence electrons. The minimum atomic E-state index is -4.35. The number of aliphatic imine (C=N–C) groups is 1. The van der Waals surface area contributed by atoms with Crippen LogP contribution in [0.4, 0.5) is 5.69 Å². The van der Waals surface area contributed by atoms with Crippen molar-refractivity contribution in [3.8, 4) is 16.9 Å². The van der Waals surface area contributed by atoms with E-state index in [-0.39, 0.29) is 17.8 Å². The monoisotopic (exact) mass is 682 g/mol. The highest BCUT2D eigenvalue weighted by atomic mass is 32.2. The van der Waals surface area contributed by atoms with Crippen LogP contribution in [0.3, 0.4) is 0 Å². The summed E-state index contributed by atoms with van der Waals surface area (Å²) in [5, 5.41) is 13.5. The van der Waals surface area contributed by atoms with Gasteiger partial charge in [-0.3, -0.25) is 28.5 Å². The number of aromatic nitrogens is 1. The zero-order valence-electron chi connectivity index (χ0n) is 25.7. The summed E-state index contributed by atoms with van der Waals surface area (Å²) in [5.41, 5.74) is 2.25. The van der Waals surface area contributed by atoms with Gasteiger partial charge in [0.05, 0.1) is 18.6 Å². The number of methoxy groups -OCH3 is 1. The Hall–Kier alpha value is -3.93. The lowest BCUT2D eigenvalue weighted by molar-refractivity contribution is -0.137. The summed E-state index contributed by atoms with van der Waals surface area (Å²) in [5.74, 6) is -3.54. The molecular weight excluding hydrogens is 644 g/mol. The smallest absolute Gasteiger partial charge is 0.303 e. The van der Waals surface area contributed by atoms with Crippen LogP contribution in [0.1, 0.15) is 78.9 Å². The number of hydrogen-bond acceptors (Lipinski definition) is 10. The van der Waals surface area contributed by atoms with Crippen molar-refractivity contribution in [3.63, 3.8) is 0 Å². The van der Waals surface area contributed by atoms with Gasteiger partial charge in [0.25, 0.3) is 32.1 Å². The number of aliphatic carboxylic acids is 1. The van der Waals surface area contributed by atoms with Gasteiger partial charge in [0, 0.05) is 30.6 Å². The molecule has 0 saturated heterocycles. The number of hydrogen-bond donors (Lipinski definition) is 5. The number of rotatable bonds is 17. The zero-order chi connectivity index (χ0) is 34.3. The van der Waals surface area contributed by atoms with E-state index in [4.69, 9.17) is 23.9 Å². The maximum absolute atomic E-state index is 12.9. The average molecular weight is 683 g/mol. The number of pyridine rings is 1. The number of carboxylic acid groups (broad SMARTS) is 1. The molecule has 2 heterocycles. The molecule has 1 aromatic heterocycles. The highest BCUT2D eigenvalue weighted by Gasteiger charge is 2.36. The molecule has 0 radical (unpaired) electrons. The van der Waals surface area contributed by atoms with Crippen LogP contribution in [0, 0.1) is 0 Å². The largest absolute Gasteiger partial charge is 0.494 e. The van der Waals surface area contributed by atoms with Gasteiger partial charge in [0.1, 0.15) is 22.8 Å². The first-order valence-electron chi connectivity index (χ1n) is 14.4. The van der Waals surface area contributed by atoms with E-state index in [1.54, 1.807) is 6.07 Å². The van der Waals surface area contributed by atoms with Crippen LogP contribution in [0.25, 0.3) is 11.1 Å². The molecule has 0 saturated carbocycles. The van der Waals surface area contributed by atoms with E-state index in [2.05, 4.69) is 15.6 Å². The van der Waals surface area contributed by atoms with E-state index in [1.807, 2.05) is 19.9 Å². The predicted molar refractivity (Wildman–Crippen MR) is 169 cm³/mol. The van der Waals surface area contributed by atoms with Crippen molar-refractivity contribution in [2.45, 2.75) is 57.8 Å². The van der Waals surface area contributed by atoms with Crippen LogP contribution >= 0.6 is 0 Å². The van der Waals surface area contributed by atoms with E-state index < -0.39 is 68.0 Å². The first kappa shape index (κ1) is 36.5. The minimum Gasteiger partial charge on any atom is -0.494 e. The van der Waals surface area contributed by atoms with E-state index in [0.29, 0.717) is 35.4 Å². The number of benzene rings is 1. The third kappa shape index (κ3) is 10.3. The molecule has 17 heteroatoms. The van der Waals surface area contributed by atoms with Crippen LogP contribution in [0.15, 0.2) is 29.3 Å². The lowest BCUT2D eigenvalue weighted by atomic mass is 9.78. The van der Waals surface area contributed by atoms with Gasteiger partial charge in [-0.2, -0.15) is 16.8 Å². The summed E-state index contributed by atoms with van der Waals surface area (Å²) < 4.78 is 68.0. The minimum absolute atomic E-state index is 0.134. The Bertz CT molecular complexity index is 1670. The van der Waals surface area contributed by atoms with Crippen molar-refractivity contribution in [2.24, 2.45) is 4.99 Å². The maximum Gasteiger partial charge on any atom is 0.303 e. The number of carbonyl (C=O) groups is 3. The van der Waals surface area contributed by atoms with Crippen LogP contribution < -0.4 is 15.4 Å². The van der Waals surface area contributed by atoms with Crippen molar-refractivity contribution in [1.29, 1.82) is 0 Å². The highest BCUT2D eigenvalue weighted by Crippen LogP contribution is 2.48. The second kappa shape index (κ2) is 15.1. The highest BCUT2D eigenvalue weighted by molar-refractivity contribution is 7.86. The number of unbranched alkanes of at least 4 members (excludes halogenated alkanes) is 3. The fraction of sp³-hybridized carbons (Fsp3) is 0.483. The van der Waals surface area contributed by atoms with Gasteiger partial charge in [-0.05, 0) is 60.2 Å². The molecule has 46 heavy (non-hydrogen) atoms. The Kier molecular flexibility index (Phi) is 12.0. The molecule has 1 aromatic carbocycles. The first-order valence-corrected chi connectivity index (χ1v) is 17.6. The molecule has 0 fully saturated rings. The Morgan fingerprint density at radius 3 is 1.85 bits per heavy atom. The third-order valence-corrected chi connectivity index (χ3v) is 8.85. The molecule has 1 aliphatic heterocycles. The second-order valence-electron chi connectivity index (χ2n) is 11.3. The van der Waals surface area contributed by atoms with Crippen molar-refractivity contribution in [3.05, 3.63) is 41.2 Å². The van der Waals surface area contributed by atoms with Crippen molar-refractivity contribution < 1.29 is 50.2 Å². The lowest BCUT2D eigenvalue weighted by Gasteiger charge is -2.23. The summed E-state index contributed by atoms with van der Waals surface area (Å²) in [4.78, 5) is 45.6. The Balaban J connectivity index is 1.95. The molecule has 0 spiro atoms. The summed E-state index contributed by atoms with van der Waals surface area (Å²) in [6.07, 6.45) is 3.89. The standard InChI is InChI=1S/C29H38N4O11S2/c1-29(2)20-14-18(17-23(44-3)26(20)33-24(29)8-6-4-5-7-9-25(34)35)19-15-21(27(36)30-10-12-45(38,39)40)32-22(16-19)28(37)31-11-13-46(41,42)43/h14-17H,4-13H2,1-3H3,(H,30,36)(H,31,37)(H,34,35)(H,38,39,40)(H,41,42,43). The molecule has 3 rings (SSSR count). The topological polar surface area (TPSA) is 239 Å².